The van der Waals surface area contributed by atoms with Gasteiger partial charge >= 0.3 is 0 Å². The molecule has 3 rings (SSSR count). The van der Waals surface area contributed by atoms with Crippen LogP contribution in [0.15, 0.2) is 46.7 Å². The van der Waals surface area contributed by atoms with Crippen molar-refractivity contribution in [1.82, 2.24) is 15.4 Å². The van der Waals surface area contributed by atoms with Crippen LogP contribution in [0.2, 0.25) is 0 Å². The normalized spacial score (nSPS) is 11.0. The van der Waals surface area contributed by atoms with Gasteiger partial charge in [-0.2, -0.15) is 5.10 Å². The Bertz CT molecular complexity index is 970. The number of ether oxygens (including phenoxy) is 3. The first kappa shape index (κ1) is 19.6. The monoisotopic (exact) mass is 400 g/mol. The Hall–Kier alpha value is -3.20. The van der Waals surface area contributed by atoms with Crippen LogP contribution in [0.4, 0.5) is 0 Å². The van der Waals surface area contributed by atoms with Crippen LogP contribution in [-0.4, -0.2) is 49.2 Å². The molecule has 1 amide bonds. The van der Waals surface area contributed by atoms with Crippen LogP contribution in [0, 0.1) is 0 Å². The molecule has 8 nitrogen and oxygen atoms in total. The first-order chi connectivity index (χ1) is 13.7. The highest BCUT2D eigenvalue weighted by atomic mass is 32.2. The van der Waals surface area contributed by atoms with E-state index in [1.165, 1.54) is 32.2 Å². The van der Waals surface area contributed by atoms with Gasteiger partial charge in [0.25, 0.3) is 5.91 Å². The van der Waals surface area contributed by atoms with E-state index in [-0.39, 0.29) is 11.7 Å². The lowest BCUT2D eigenvalue weighted by molar-refractivity contribution is -0.118. The number of hydrogen-bond donors (Lipinski definition) is 2. The third-order valence-corrected chi connectivity index (χ3v) is 4.71. The van der Waals surface area contributed by atoms with Gasteiger partial charge in [-0.25, -0.2) is 10.4 Å². The van der Waals surface area contributed by atoms with Crippen molar-refractivity contribution in [3.8, 4) is 17.2 Å². The molecule has 146 valence electrons. The van der Waals surface area contributed by atoms with Gasteiger partial charge in [-0.3, -0.25) is 4.79 Å². The molecular formula is C19H20N4O4S. The van der Waals surface area contributed by atoms with E-state index in [1.54, 1.807) is 19.2 Å². The van der Waals surface area contributed by atoms with Crippen LogP contribution in [0.25, 0.3) is 11.0 Å². The van der Waals surface area contributed by atoms with Crippen LogP contribution in [-0.2, 0) is 4.79 Å². The quantitative estimate of drug-likeness (QED) is 0.343. The number of aromatic amines is 1. The number of H-pyrrole nitrogens is 1. The Balaban J connectivity index is 1.60. The highest BCUT2D eigenvalue weighted by molar-refractivity contribution is 7.99. The lowest BCUT2D eigenvalue weighted by Gasteiger charge is -2.13. The van der Waals surface area contributed by atoms with Crippen molar-refractivity contribution in [2.45, 2.75) is 5.16 Å². The van der Waals surface area contributed by atoms with E-state index in [0.29, 0.717) is 28.0 Å². The first-order valence-corrected chi connectivity index (χ1v) is 9.33. The van der Waals surface area contributed by atoms with Gasteiger partial charge in [-0.1, -0.05) is 23.9 Å². The van der Waals surface area contributed by atoms with E-state index >= 15 is 0 Å². The topological polar surface area (TPSA) is 97.8 Å². The predicted molar refractivity (Wildman–Crippen MR) is 109 cm³/mol. The first-order valence-electron chi connectivity index (χ1n) is 8.34. The summed E-state index contributed by atoms with van der Waals surface area (Å²) >= 11 is 1.31. The highest BCUT2D eigenvalue weighted by Gasteiger charge is 2.14. The number of nitrogens with one attached hydrogen (secondary N) is 2. The van der Waals surface area contributed by atoms with Crippen molar-refractivity contribution >= 4 is 34.9 Å². The van der Waals surface area contributed by atoms with Crippen LogP contribution in [0.3, 0.4) is 0 Å². The molecule has 28 heavy (non-hydrogen) atoms. The van der Waals surface area contributed by atoms with Gasteiger partial charge in [0, 0.05) is 5.56 Å². The minimum absolute atomic E-state index is 0.181. The van der Waals surface area contributed by atoms with Crippen molar-refractivity contribution in [3.05, 3.63) is 42.0 Å². The number of carbonyl (C=O) groups excluding carboxylic acids is 1. The van der Waals surface area contributed by atoms with Crippen molar-refractivity contribution in [2.75, 3.05) is 27.1 Å². The second-order valence-corrected chi connectivity index (χ2v) is 6.53. The molecule has 0 aliphatic rings. The summed E-state index contributed by atoms with van der Waals surface area (Å²) in [5.41, 5.74) is 4.94. The molecule has 2 aromatic carbocycles. The Morgan fingerprint density at radius 3 is 2.64 bits per heavy atom. The standard InChI is InChI=1S/C19H20N4O4S/c1-25-15-9-8-12(17(26-2)18(15)27-3)10-20-23-16(24)11-28-19-21-13-6-4-5-7-14(13)22-19/h4-10H,11H2,1-3H3,(H,21,22)(H,23,24). The molecule has 9 heteroatoms. The maximum absolute atomic E-state index is 12.0. The molecule has 1 heterocycles. The maximum atomic E-state index is 12.0. The van der Waals surface area contributed by atoms with E-state index in [2.05, 4.69) is 20.5 Å². The molecule has 0 saturated carbocycles. The molecule has 0 aliphatic heterocycles. The van der Waals surface area contributed by atoms with Crippen LogP contribution < -0.4 is 19.6 Å². The van der Waals surface area contributed by atoms with Gasteiger partial charge in [0.2, 0.25) is 5.75 Å². The summed E-state index contributed by atoms with van der Waals surface area (Å²) < 4.78 is 15.9. The van der Waals surface area contributed by atoms with Crippen molar-refractivity contribution < 1.29 is 19.0 Å². The number of fused-ring (bicyclic) bond motifs is 1. The zero-order valence-electron chi connectivity index (χ0n) is 15.7. The molecule has 1 aromatic heterocycles. The third kappa shape index (κ3) is 4.37. The molecular weight excluding hydrogens is 380 g/mol. The number of para-hydroxylation sites is 2. The molecule has 0 saturated heterocycles. The minimum atomic E-state index is -0.249. The van der Waals surface area contributed by atoms with Crippen molar-refractivity contribution in [2.24, 2.45) is 5.10 Å². The Morgan fingerprint density at radius 1 is 1.14 bits per heavy atom. The molecule has 0 spiro atoms. The second kappa shape index (κ2) is 9.14. The minimum Gasteiger partial charge on any atom is -0.493 e. The smallest absolute Gasteiger partial charge is 0.250 e. The molecule has 3 aromatic rings. The summed E-state index contributed by atoms with van der Waals surface area (Å²) in [6, 6.07) is 11.2. The van der Waals surface area contributed by atoms with Gasteiger partial charge in [0.1, 0.15) is 0 Å². The number of amides is 1. The summed E-state index contributed by atoms with van der Waals surface area (Å²) in [6.07, 6.45) is 1.49. The fourth-order valence-electron chi connectivity index (χ4n) is 2.56. The Kier molecular flexibility index (Phi) is 6.38. The number of carbonyl (C=O) groups is 1. The van der Waals surface area contributed by atoms with E-state index < -0.39 is 0 Å². The molecule has 0 radical (unpaired) electrons. The van der Waals surface area contributed by atoms with Crippen LogP contribution in [0.5, 0.6) is 17.2 Å². The zero-order valence-corrected chi connectivity index (χ0v) is 16.5. The van der Waals surface area contributed by atoms with E-state index in [0.717, 1.165) is 11.0 Å². The fraction of sp³-hybridized carbons (Fsp3) is 0.211. The number of methoxy groups -OCH3 is 3. The summed E-state index contributed by atoms with van der Waals surface area (Å²) in [7, 11) is 4.60. The Labute approximate surface area is 166 Å². The molecule has 2 N–H and O–H groups in total. The molecule has 0 atom stereocenters. The van der Waals surface area contributed by atoms with Gasteiger partial charge in [0.15, 0.2) is 16.7 Å². The Morgan fingerprint density at radius 2 is 1.93 bits per heavy atom. The number of nitrogens with zero attached hydrogens (tertiary/aromatic N) is 2. The summed E-state index contributed by atoms with van der Waals surface area (Å²) in [4.78, 5) is 19.6. The molecule has 0 bridgehead atoms. The van der Waals surface area contributed by atoms with E-state index in [4.69, 9.17) is 14.2 Å². The van der Waals surface area contributed by atoms with Gasteiger partial charge < -0.3 is 19.2 Å². The number of rotatable bonds is 8. The molecule has 0 aliphatic carbocycles. The lowest BCUT2D eigenvalue weighted by atomic mass is 10.2. The maximum Gasteiger partial charge on any atom is 0.250 e. The van der Waals surface area contributed by atoms with Gasteiger partial charge in [0.05, 0.1) is 44.3 Å². The van der Waals surface area contributed by atoms with Crippen molar-refractivity contribution in [1.29, 1.82) is 0 Å². The van der Waals surface area contributed by atoms with E-state index in [9.17, 15) is 4.79 Å². The van der Waals surface area contributed by atoms with Crippen LogP contribution >= 0.6 is 11.8 Å². The average Bonchev–Trinajstić information content (AvgIpc) is 3.14. The predicted octanol–water partition coefficient (Wildman–Crippen LogP) is 2.83. The summed E-state index contributed by atoms with van der Waals surface area (Å²) in [6.45, 7) is 0. The number of aromatic nitrogens is 2. The summed E-state index contributed by atoms with van der Waals surface area (Å²) in [5, 5.41) is 4.67. The zero-order chi connectivity index (χ0) is 19.9. The van der Waals surface area contributed by atoms with Crippen molar-refractivity contribution in [3.63, 3.8) is 0 Å². The number of imidazole rings is 1. The lowest BCUT2D eigenvalue weighted by Crippen LogP contribution is -2.19. The third-order valence-electron chi connectivity index (χ3n) is 3.84. The number of thioether (sulfide) groups is 1. The highest BCUT2D eigenvalue weighted by Crippen LogP contribution is 2.38. The molecule has 0 unspecified atom stereocenters. The number of hydrazone groups is 1. The number of benzene rings is 2. The van der Waals surface area contributed by atoms with Gasteiger partial charge in [-0.15, -0.1) is 0 Å². The summed E-state index contributed by atoms with van der Waals surface area (Å²) in [5.74, 6) is 1.40. The SMILES string of the molecule is COc1ccc(C=NNC(=O)CSc2nc3ccccc3[nH]2)c(OC)c1OC. The van der Waals surface area contributed by atoms with Gasteiger partial charge in [-0.05, 0) is 24.3 Å². The molecule has 0 fully saturated rings. The number of hydrogen-bond acceptors (Lipinski definition) is 7. The van der Waals surface area contributed by atoms with E-state index in [1.807, 2.05) is 24.3 Å². The second-order valence-electron chi connectivity index (χ2n) is 5.56. The fourth-order valence-corrected chi connectivity index (χ4v) is 3.24. The van der Waals surface area contributed by atoms with Crippen LogP contribution in [0.1, 0.15) is 5.56 Å². The average molecular weight is 400 g/mol. The largest absolute Gasteiger partial charge is 0.493 e.